The average molecular weight is 480 g/mol. The first-order valence-electron chi connectivity index (χ1n) is 8.47. The molecule has 0 aliphatic carbocycles. The van der Waals surface area contributed by atoms with Crippen molar-refractivity contribution in [2.24, 2.45) is 4.99 Å². The van der Waals surface area contributed by atoms with Crippen LogP contribution in [0.3, 0.4) is 0 Å². The zero-order valence-electron chi connectivity index (χ0n) is 16.7. The average Bonchev–Trinajstić information content (AvgIpc) is 2.63. The van der Waals surface area contributed by atoms with Crippen molar-refractivity contribution in [2.45, 2.75) is 13.0 Å². The highest BCUT2D eigenvalue weighted by molar-refractivity contribution is 14.0. The monoisotopic (exact) mass is 480 g/mol. The molecular formula is C18H33IN4O3. The van der Waals surface area contributed by atoms with Crippen molar-refractivity contribution < 1.29 is 14.2 Å². The van der Waals surface area contributed by atoms with E-state index < -0.39 is 0 Å². The van der Waals surface area contributed by atoms with Crippen LogP contribution in [0.4, 0.5) is 0 Å². The van der Waals surface area contributed by atoms with Crippen LogP contribution in [0.2, 0.25) is 0 Å². The molecule has 0 heterocycles. The molecule has 0 spiro atoms. The van der Waals surface area contributed by atoms with Gasteiger partial charge in [-0.1, -0.05) is 6.07 Å². The van der Waals surface area contributed by atoms with Crippen LogP contribution in [0, 0.1) is 0 Å². The van der Waals surface area contributed by atoms with Gasteiger partial charge >= 0.3 is 0 Å². The third-order valence-corrected chi connectivity index (χ3v) is 3.85. The topological polar surface area (TPSA) is 67.3 Å². The number of halogens is 1. The second kappa shape index (κ2) is 13.9. The van der Waals surface area contributed by atoms with E-state index in [9.17, 15) is 0 Å². The molecule has 8 heteroatoms. The van der Waals surface area contributed by atoms with E-state index in [1.165, 1.54) is 0 Å². The fourth-order valence-corrected chi connectivity index (χ4v) is 2.46. The molecule has 2 N–H and O–H groups in total. The fraction of sp³-hybridized carbons (Fsp3) is 0.611. The molecule has 0 radical (unpaired) electrons. The summed E-state index contributed by atoms with van der Waals surface area (Å²) < 4.78 is 16.1. The Morgan fingerprint density at radius 3 is 2.38 bits per heavy atom. The van der Waals surface area contributed by atoms with E-state index in [-0.39, 0.29) is 30.0 Å². The Morgan fingerprint density at radius 2 is 1.85 bits per heavy atom. The minimum atomic E-state index is 0. The fourth-order valence-electron chi connectivity index (χ4n) is 2.46. The van der Waals surface area contributed by atoms with Crippen molar-refractivity contribution in [1.29, 1.82) is 0 Å². The first kappa shape index (κ1) is 24.7. The van der Waals surface area contributed by atoms with Crippen LogP contribution >= 0.6 is 24.0 Å². The molecule has 1 atom stereocenters. The predicted octanol–water partition coefficient (Wildman–Crippen LogP) is 2.13. The van der Waals surface area contributed by atoms with Gasteiger partial charge in [0.15, 0.2) is 17.5 Å². The Bertz CT molecular complexity index is 541. The molecule has 0 aliphatic heterocycles. The smallest absolute Gasteiger partial charge is 0.191 e. The Kier molecular flexibility index (Phi) is 13.2. The van der Waals surface area contributed by atoms with Crippen LogP contribution in [0.15, 0.2) is 23.2 Å². The summed E-state index contributed by atoms with van der Waals surface area (Å²) in [5, 5.41) is 6.60. The molecule has 7 nitrogen and oxygen atoms in total. The van der Waals surface area contributed by atoms with Crippen molar-refractivity contribution in [1.82, 2.24) is 15.5 Å². The Morgan fingerprint density at radius 1 is 1.15 bits per heavy atom. The number of ether oxygens (including phenoxy) is 3. The van der Waals surface area contributed by atoms with E-state index in [4.69, 9.17) is 14.2 Å². The van der Waals surface area contributed by atoms with E-state index in [1.54, 1.807) is 21.3 Å². The molecule has 0 bridgehead atoms. The molecule has 1 unspecified atom stereocenters. The van der Waals surface area contributed by atoms with E-state index >= 15 is 0 Å². The lowest BCUT2D eigenvalue weighted by Crippen LogP contribution is -2.42. The van der Waals surface area contributed by atoms with E-state index in [0.717, 1.165) is 36.2 Å². The summed E-state index contributed by atoms with van der Waals surface area (Å²) in [6, 6.07) is 6.15. The molecule has 1 aromatic carbocycles. The van der Waals surface area contributed by atoms with Gasteiger partial charge < -0.3 is 29.7 Å². The van der Waals surface area contributed by atoms with Gasteiger partial charge in [0, 0.05) is 26.7 Å². The summed E-state index contributed by atoms with van der Waals surface area (Å²) in [5.41, 5.74) is 1.14. The normalized spacial score (nSPS) is 12.3. The van der Waals surface area contributed by atoms with E-state index in [0.29, 0.717) is 13.2 Å². The van der Waals surface area contributed by atoms with E-state index in [1.807, 2.05) is 33.2 Å². The molecule has 0 aromatic heterocycles. The number of benzene rings is 1. The molecule has 0 saturated carbocycles. The highest BCUT2D eigenvalue weighted by Gasteiger charge is 2.17. The maximum absolute atomic E-state index is 5.42. The SMILES string of the molecule is CCOCCNC(=NC)NCC(c1ccc(OC)c(OC)c1)N(C)C.I. The molecule has 1 aromatic rings. The Labute approximate surface area is 174 Å². The highest BCUT2D eigenvalue weighted by Crippen LogP contribution is 2.31. The predicted molar refractivity (Wildman–Crippen MR) is 117 cm³/mol. The van der Waals surface area contributed by atoms with Crippen molar-refractivity contribution in [3.05, 3.63) is 23.8 Å². The zero-order valence-corrected chi connectivity index (χ0v) is 19.0. The van der Waals surface area contributed by atoms with Gasteiger partial charge in [0.1, 0.15) is 0 Å². The molecule has 0 fully saturated rings. The second-order valence-electron chi connectivity index (χ2n) is 5.67. The molecule has 0 amide bonds. The van der Waals surface area contributed by atoms with Gasteiger partial charge in [-0.15, -0.1) is 24.0 Å². The minimum absolute atomic E-state index is 0. The number of nitrogens with one attached hydrogen (secondary N) is 2. The van der Waals surface area contributed by atoms with Crippen LogP contribution in [0.1, 0.15) is 18.5 Å². The van der Waals surface area contributed by atoms with Crippen LogP contribution in [0.25, 0.3) is 0 Å². The second-order valence-corrected chi connectivity index (χ2v) is 5.67. The summed E-state index contributed by atoms with van der Waals surface area (Å²) in [4.78, 5) is 6.40. The van der Waals surface area contributed by atoms with Gasteiger partial charge in [-0.3, -0.25) is 4.99 Å². The first-order chi connectivity index (χ1) is 12.1. The summed E-state index contributed by atoms with van der Waals surface area (Å²) in [7, 11) is 9.15. The van der Waals surface area contributed by atoms with Crippen molar-refractivity contribution in [3.63, 3.8) is 0 Å². The molecule has 0 aliphatic rings. The number of nitrogens with zero attached hydrogens (tertiary/aromatic N) is 2. The Balaban J connectivity index is 0.00000625. The van der Waals surface area contributed by atoms with Crippen LogP contribution in [-0.4, -0.2) is 72.5 Å². The number of hydrogen-bond acceptors (Lipinski definition) is 5. The van der Waals surface area contributed by atoms with Gasteiger partial charge in [0.2, 0.25) is 0 Å². The largest absolute Gasteiger partial charge is 0.493 e. The van der Waals surface area contributed by atoms with Gasteiger partial charge in [0.25, 0.3) is 0 Å². The molecule has 26 heavy (non-hydrogen) atoms. The molecule has 0 saturated heterocycles. The third kappa shape index (κ3) is 7.96. The highest BCUT2D eigenvalue weighted by atomic mass is 127. The maximum Gasteiger partial charge on any atom is 0.191 e. The number of rotatable bonds is 10. The number of hydrogen-bond donors (Lipinski definition) is 2. The third-order valence-electron chi connectivity index (χ3n) is 3.85. The minimum Gasteiger partial charge on any atom is -0.493 e. The lowest BCUT2D eigenvalue weighted by molar-refractivity contribution is 0.152. The van der Waals surface area contributed by atoms with Crippen molar-refractivity contribution in [2.75, 3.05) is 61.7 Å². The van der Waals surface area contributed by atoms with Gasteiger partial charge in [0.05, 0.1) is 26.9 Å². The standard InChI is InChI=1S/C18H32N4O3.HI/c1-7-25-11-10-20-18(19-2)21-13-15(22(3)4)14-8-9-16(23-5)17(12-14)24-6;/h8-9,12,15H,7,10-11,13H2,1-6H3,(H2,19,20,21);1H. The lowest BCUT2D eigenvalue weighted by Gasteiger charge is -2.26. The number of aliphatic imine (C=N–C) groups is 1. The first-order valence-corrected chi connectivity index (χ1v) is 8.47. The summed E-state index contributed by atoms with van der Waals surface area (Å²) in [5.74, 6) is 2.21. The molecule has 150 valence electrons. The maximum atomic E-state index is 5.42. The zero-order chi connectivity index (χ0) is 18.7. The Hall–Kier alpha value is -1.26. The van der Waals surface area contributed by atoms with Crippen LogP contribution in [-0.2, 0) is 4.74 Å². The van der Waals surface area contributed by atoms with Crippen molar-refractivity contribution >= 4 is 29.9 Å². The quantitative estimate of drug-likeness (QED) is 0.232. The summed E-state index contributed by atoms with van der Waals surface area (Å²) in [6.45, 7) is 4.78. The lowest BCUT2D eigenvalue weighted by atomic mass is 10.1. The summed E-state index contributed by atoms with van der Waals surface area (Å²) in [6.07, 6.45) is 0. The van der Waals surface area contributed by atoms with Crippen LogP contribution in [0.5, 0.6) is 11.5 Å². The van der Waals surface area contributed by atoms with Gasteiger partial charge in [-0.2, -0.15) is 0 Å². The number of guanidine groups is 1. The van der Waals surface area contributed by atoms with Crippen molar-refractivity contribution in [3.8, 4) is 11.5 Å². The summed E-state index contributed by atoms with van der Waals surface area (Å²) >= 11 is 0. The number of likely N-dealkylation sites (N-methyl/N-ethyl adjacent to an activating group) is 1. The van der Waals surface area contributed by atoms with Gasteiger partial charge in [-0.05, 0) is 38.7 Å². The molecular weight excluding hydrogens is 447 g/mol. The molecule has 1 rings (SSSR count). The number of methoxy groups -OCH3 is 2. The van der Waals surface area contributed by atoms with Crippen LogP contribution < -0.4 is 20.1 Å². The van der Waals surface area contributed by atoms with Gasteiger partial charge in [-0.25, -0.2) is 0 Å². The van der Waals surface area contributed by atoms with E-state index in [2.05, 4.69) is 26.6 Å².